The van der Waals surface area contributed by atoms with Crippen molar-refractivity contribution in [1.29, 1.82) is 0 Å². The summed E-state index contributed by atoms with van der Waals surface area (Å²) in [5, 5.41) is 8.49. The van der Waals surface area contributed by atoms with Crippen molar-refractivity contribution < 1.29 is 14.3 Å². The van der Waals surface area contributed by atoms with Crippen LogP contribution in [0.3, 0.4) is 0 Å². The number of piperidine rings is 1. The molecular formula is C25H30N4O3. The van der Waals surface area contributed by atoms with Gasteiger partial charge in [0.2, 0.25) is 0 Å². The summed E-state index contributed by atoms with van der Waals surface area (Å²) in [7, 11) is 3.29. The van der Waals surface area contributed by atoms with E-state index in [2.05, 4.69) is 16.3 Å². The highest BCUT2D eigenvalue weighted by Gasteiger charge is 2.29. The SMILES string of the molecule is COc1ccc(CCC2CCCCN2C(=O)c2cc(C)ccc2-n2nccn2)cc1OC. The predicted molar refractivity (Wildman–Crippen MR) is 123 cm³/mol. The van der Waals surface area contributed by atoms with Gasteiger partial charge in [0.1, 0.15) is 0 Å². The van der Waals surface area contributed by atoms with Crippen molar-refractivity contribution in [2.24, 2.45) is 0 Å². The fourth-order valence-electron chi connectivity index (χ4n) is 4.43. The fourth-order valence-corrected chi connectivity index (χ4v) is 4.43. The van der Waals surface area contributed by atoms with Crippen LogP contribution in [0.5, 0.6) is 11.5 Å². The van der Waals surface area contributed by atoms with E-state index in [9.17, 15) is 4.79 Å². The topological polar surface area (TPSA) is 69.5 Å². The van der Waals surface area contributed by atoms with Crippen molar-refractivity contribution in [3.05, 3.63) is 65.5 Å². The average molecular weight is 435 g/mol. The van der Waals surface area contributed by atoms with Crippen LogP contribution in [-0.2, 0) is 6.42 Å². The molecule has 3 aromatic rings. The van der Waals surface area contributed by atoms with Crippen LogP contribution in [0.4, 0.5) is 0 Å². The van der Waals surface area contributed by atoms with E-state index in [0.29, 0.717) is 5.56 Å². The highest BCUT2D eigenvalue weighted by molar-refractivity contribution is 5.98. The van der Waals surface area contributed by atoms with E-state index in [1.807, 2.05) is 42.2 Å². The Labute approximate surface area is 188 Å². The van der Waals surface area contributed by atoms with Gasteiger partial charge in [0.15, 0.2) is 11.5 Å². The third kappa shape index (κ3) is 4.61. The molecule has 1 amide bonds. The first kappa shape index (κ1) is 21.9. The maximum atomic E-state index is 13.7. The van der Waals surface area contributed by atoms with Gasteiger partial charge in [-0.15, -0.1) is 0 Å². The summed E-state index contributed by atoms with van der Waals surface area (Å²) in [5.41, 5.74) is 3.59. The van der Waals surface area contributed by atoms with Gasteiger partial charge < -0.3 is 14.4 Å². The van der Waals surface area contributed by atoms with E-state index in [1.165, 1.54) is 10.4 Å². The monoisotopic (exact) mass is 434 g/mol. The zero-order valence-corrected chi connectivity index (χ0v) is 19.0. The molecule has 1 saturated heterocycles. The van der Waals surface area contributed by atoms with E-state index in [-0.39, 0.29) is 11.9 Å². The van der Waals surface area contributed by atoms with Crippen molar-refractivity contribution >= 4 is 5.91 Å². The van der Waals surface area contributed by atoms with Crippen molar-refractivity contribution in [2.45, 2.75) is 45.1 Å². The summed E-state index contributed by atoms with van der Waals surface area (Å²) in [5.74, 6) is 1.51. The van der Waals surface area contributed by atoms with E-state index < -0.39 is 0 Å². The highest BCUT2D eigenvalue weighted by atomic mass is 16.5. The minimum atomic E-state index is 0.0537. The molecule has 0 N–H and O–H groups in total. The number of carbonyl (C=O) groups is 1. The van der Waals surface area contributed by atoms with Gasteiger partial charge in [-0.3, -0.25) is 4.79 Å². The molecule has 1 aliphatic heterocycles. The lowest BCUT2D eigenvalue weighted by atomic mass is 9.94. The molecule has 168 valence electrons. The number of ether oxygens (including phenoxy) is 2. The third-order valence-corrected chi connectivity index (χ3v) is 6.12. The molecule has 32 heavy (non-hydrogen) atoms. The molecule has 1 aliphatic rings. The predicted octanol–water partition coefficient (Wildman–Crippen LogP) is 4.22. The second kappa shape index (κ2) is 9.85. The molecule has 4 rings (SSSR count). The van der Waals surface area contributed by atoms with Gasteiger partial charge in [-0.05, 0) is 68.9 Å². The van der Waals surface area contributed by atoms with Gasteiger partial charge in [-0.2, -0.15) is 15.0 Å². The summed E-state index contributed by atoms with van der Waals surface area (Å²) in [4.78, 5) is 17.3. The van der Waals surface area contributed by atoms with Crippen LogP contribution >= 0.6 is 0 Å². The number of hydrogen-bond acceptors (Lipinski definition) is 5. The molecular weight excluding hydrogens is 404 g/mol. The molecule has 1 unspecified atom stereocenters. The Hall–Kier alpha value is -3.35. The molecule has 2 heterocycles. The number of rotatable bonds is 7. The number of benzene rings is 2. The quantitative estimate of drug-likeness (QED) is 0.557. The first-order chi connectivity index (χ1) is 15.6. The molecule has 0 spiro atoms. The van der Waals surface area contributed by atoms with E-state index in [4.69, 9.17) is 9.47 Å². The number of aromatic nitrogens is 3. The van der Waals surface area contributed by atoms with Crippen LogP contribution in [0.1, 0.15) is 47.2 Å². The van der Waals surface area contributed by atoms with Crippen molar-refractivity contribution in [3.63, 3.8) is 0 Å². The zero-order valence-electron chi connectivity index (χ0n) is 19.0. The Morgan fingerprint density at radius 2 is 1.81 bits per heavy atom. The number of nitrogens with zero attached hydrogens (tertiary/aromatic N) is 4. The lowest BCUT2D eigenvalue weighted by Gasteiger charge is -2.36. The van der Waals surface area contributed by atoms with Crippen molar-refractivity contribution in [2.75, 3.05) is 20.8 Å². The average Bonchev–Trinajstić information content (AvgIpc) is 3.37. The minimum absolute atomic E-state index is 0.0537. The normalized spacial score (nSPS) is 16.1. The van der Waals surface area contributed by atoms with Gasteiger partial charge in [0, 0.05) is 12.6 Å². The number of aryl methyl sites for hydroxylation is 2. The molecule has 1 aromatic heterocycles. The van der Waals surface area contributed by atoms with Gasteiger partial charge >= 0.3 is 0 Å². The molecule has 1 fully saturated rings. The molecule has 0 radical (unpaired) electrons. The first-order valence-corrected chi connectivity index (χ1v) is 11.1. The Balaban J connectivity index is 1.54. The summed E-state index contributed by atoms with van der Waals surface area (Å²) in [6.07, 6.45) is 8.21. The first-order valence-electron chi connectivity index (χ1n) is 11.1. The van der Waals surface area contributed by atoms with Crippen LogP contribution in [-0.4, -0.2) is 52.6 Å². The van der Waals surface area contributed by atoms with Gasteiger partial charge in [0.25, 0.3) is 5.91 Å². The van der Waals surface area contributed by atoms with Crippen LogP contribution in [0, 0.1) is 6.92 Å². The Morgan fingerprint density at radius 1 is 1.03 bits per heavy atom. The van der Waals surface area contributed by atoms with Crippen LogP contribution < -0.4 is 9.47 Å². The Kier molecular flexibility index (Phi) is 6.73. The van der Waals surface area contributed by atoms with Crippen LogP contribution in [0.15, 0.2) is 48.8 Å². The number of likely N-dealkylation sites (tertiary alicyclic amines) is 1. The maximum Gasteiger partial charge on any atom is 0.256 e. The fraction of sp³-hybridized carbons (Fsp3) is 0.400. The molecule has 0 bridgehead atoms. The van der Waals surface area contributed by atoms with Gasteiger partial charge in [-0.25, -0.2) is 0 Å². The molecule has 1 atom stereocenters. The third-order valence-electron chi connectivity index (χ3n) is 6.12. The summed E-state index contributed by atoms with van der Waals surface area (Å²) in [6.45, 7) is 2.77. The van der Waals surface area contributed by atoms with Crippen molar-refractivity contribution in [3.8, 4) is 17.2 Å². The molecule has 2 aromatic carbocycles. The van der Waals surface area contributed by atoms with E-state index in [1.54, 1.807) is 26.6 Å². The molecule has 0 aliphatic carbocycles. The largest absolute Gasteiger partial charge is 0.493 e. The summed E-state index contributed by atoms with van der Waals surface area (Å²) < 4.78 is 10.8. The van der Waals surface area contributed by atoms with Crippen molar-refractivity contribution in [1.82, 2.24) is 19.9 Å². The molecule has 7 nitrogen and oxygen atoms in total. The van der Waals surface area contributed by atoms with E-state index in [0.717, 1.165) is 61.4 Å². The number of hydrogen-bond donors (Lipinski definition) is 0. The smallest absolute Gasteiger partial charge is 0.256 e. The van der Waals surface area contributed by atoms with Crippen LogP contribution in [0.25, 0.3) is 5.69 Å². The molecule has 7 heteroatoms. The summed E-state index contributed by atoms with van der Waals surface area (Å²) >= 11 is 0. The number of carbonyl (C=O) groups excluding carboxylic acids is 1. The standard InChI is InChI=1S/C25H30N4O3/c1-18-7-11-22(29-26-13-14-27-29)21(16-18)25(30)28-15-5-4-6-20(28)10-8-19-9-12-23(31-2)24(17-19)32-3/h7,9,11-14,16-17,20H,4-6,8,10,15H2,1-3H3. The number of amides is 1. The lowest BCUT2D eigenvalue weighted by molar-refractivity contribution is 0.0601. The van der Waals surface area contributed by atoms with Crippen LogP contribution in [0.2, 0.25) is 0 Å². The Morgan fingerprint density at radius 3 is 2.56 bits per heavy atom. The number of methoxy groups -OCH3 is 2. The Bertz CT molecular complexity index is 1070. The van der Waals surface area contributed by atoms with Gasteiger partial charge in [-0.1, -0.05) is 17.7 Å². The second-order valence-electron chi connectivity index (χ2n) is 8.22. The lowest BCUT2D eigenvalue weighted by Crippen LogP contribution is -2.44. The minimum Gasteiger partial charge on any atom is -0.493 e. The summed E-state index contributed by atoms with van der Waals surface area (Å²) in [6, 6.07) is 12.1. The van der Waals surface area contributed by atoms with E-state index >= 15 is 0 Å². The maximum absolute atomic E-state index is 13.7. The molecule has 0 saturated carbocycles. The zero-order chi connectivity index (χ0) is 22.5. The highest BCUT2D eigenvalue weighted by Crippen LogP contribution is 2.30. The second-order valence-corrected chi connectivity index (χ2v) is 8.22. The van der Waals surface area contributed by atoms with Gasteiger partial charge in [0.05, 0.1) is 37.9 Å².